The monoisotopic (exact) mass is 771 g/mol. The van der Waals surface area contributed by atoms with Gasteiger partial charge >= 0.3 is 24.0 Å². The zero-order valence-corrected chi connectivity index (χ0v) is 29.4. The zero-order valence-electron chi connectivity index (χ0n) is 26.3. The SMILES string of the molecule is CCOC(=O)c1ccccc1S(=O)(=O)NC(=O)Nc1nc(Cl)cc(OC)n1.COc1nc(C)nc(NC(=O)NS(=O)(=O)c2ccccc2Cl)n1. The summed E-state index contributed by atoms with van der Waals surface area (Å²) in [5, 5.41) is 4.28. The lowest BCUT2D eigenvalue weighted by Crippen LogP contribution is -2.35. The Labute approximate surface area is 295 Å². The highest BCUT2D eigenvalue weighted by Crippen LogP contribution is 2.21. The molecule has 266 valence electrons. The van der Waals surface area contributed by atoms with E-state index in [1.54, 1.807) is 24.6 Å². The minimum absolute atomic E-state index is 0.00882. The summed E-state index contributed by atoms with van der Waals surface area (Å²) in [6.45, 7) is 3.21. The Bertz CT molecular complexity index is 2110. The summed E-state index contributed by atoms with van der Waals surface area (Å²) in [5.41, 5.74) is -0.208. The number of benzene rings is 2. The Morgan fingerprint density at radius 1 is 0.740 bits per heavy atom. The van der Waals surface area contributed by atoms with Gasteiger partial charge in [0.05, 0.1) is 31.4 Å². The van der Waals surface area contributed by atoms with Crippen LogP contribution in [0.1, 0.15) is 23.1 Å². The number of urea groups is 2. The molecule has 4 amide bonds. The molecule has 0 spiro atoms. The van der Waals surface area contributed by atoms with E-state index in [9.17, 15) is 31.2 Å². The molecule has 4 rings (SSSR count). The number of esters is 1. The van der Waals surface area contributed by atoms with Crippen LogP contribution in [-0.4, -0.2) is 80.6 Å². The van der Waals surface area contributed by atoms with E-state index in [2.05, 4.69) is 35.6 Å². The van der Waals surface area contributed by atoms with Crippen LogP contribution in [0.2, 0.25) is 10.2 Å². The number of carbonyl (C=O) groups is 3. The van der Waals surface area contributed by atoms with E-state index in [0.717, 1.165) is 0 Å². The highest BCUT2D eigenvalue weighted by Gasteiger charge is 2.25. The molecular formula is C27H27Cl2N9O10S2. The summed E-state index contributed by atoms with van der Waals surface area (Å²) in [4.78, 5) is 54.2. The van der Waals surface area contributed by atoms with Crippen molar-refractivity contribution in [2.75, 3.05) is 31.5 Å². The molecule has 19 nitrogen and oxygen atoms in total. The molecule has 0 bridgehead atoms. The molecule has 0 fully saturated rings. The van der Waals surface area contributed by atoms with Gasteiger partial charge in [-0.15, -0.1) is 0 Å². The largest absolute Gasteiger partial charge is 0.481 e. The third kappa shape index (κ3) is 11.1. The fourth-order valence-electron chi connectivity index (χ4n) is 3.51. The second-order valence-electron chi connectivity index (χ2n) is 9.02. The van der Waals surface area contributed by atoms with E-state index in [-0.39, 0.29) is 51.0 Å². The molecule has 0 unspecified atom stereocenters. The fourth-order valence-corrected chi connectivity index (χ4v) is 6.22. The highest BCUT2D eigenvalue weighted by molar-refractivity contribution is 7.90. The standard InChI is InChI=1S/C15H15ClN4O6S.C12H12ClN5O4S/c1-3-26-13(21)9-6-4-5-7-10(9)27(23,24)20-15(22)19-14-17-11(16)8-12(18-14)25-2;1-7-14-10(17-12(15-7)22-2)16-11(19)18-23(20,21)9-6-4-3-5-8(9)13/h4-8H,3H2,1-2H3,(H2,17,18,19,20,22);3-6H,1-2H3,(H2,14,15,16,17,18,19). The molecule has 0 aliphatic rings. The van der Waals surface area contributed by atoms with Gasteiger partial charge in [-0.05, 0) is 38.1 Å². The van der Waals surface area contributed by atoms with Crippen molar-refractivity contribution >= 4 is 73.2 Å². The summed E-state index contributed by atoms with van der Waals surface area (Å²) >= 11 is 11.6. The predicted molar refractivity (Wildman–Crippen MR) is 177 cm³/mol. The summed E-state index contributed by atoms with van der Waals surface area (Å²) in [6.07, 6.45) is 0. The first kappa shape index (κ1) is 39.1. The normalized spacial score (nSPS) is 10.8. The van der Waals surface area contributed by atoms with Gasteiger partial charge < -0.3 is 14.2 Å². The van der Waals surface area contributed by atoms with Crippen LogP contribution in [0.25, 0.3) is 0 Å². The topological polar surface area (TPSA) is 260 Å². The average Bonchev–Trinajstić information content (AvgIpc) is 3.04. The molecule has 2 aromatic carbocycles. The molecule has 23 heteroatoms. The number of nitrogens with one attached hydrogen (secondary N) is 4. The van der Waals surface area contributed by atoms with E-state index in [4.69, 9.17) is 37.4 Å². The molecular weight excluding hydrogens is 745 g/mol. The molecule has 4 aromatic rings. The number of carbonyl (C=O) groups excluding carboxylic acids is 3. The molecule has 0 atom stereocenters. The van der Waals surface area contributed by atoms with E-state index < -0.39 is 43.0 Å². The Hall–Kier alpha value is -5.38. The van der Waals surface area contributed by atoms with Crippen LogP contribution in [-0.2, 0) is 24.8 Å². The van der Waals surface area contributed by atoms with Crippen molar-refractivity contribution in [3.8, 4) is 11.9 Å². The number of aryl methyl sites for hydroxylation is 1. The first-order valence-corrected chi connectivity index (χ1v) is 17.3. The lowest BCUT2D eigenvalue weighted by Gasteiger charge is -2.11. The molecule has 50 heavy (non-hydrogen) atoms. The third-order valence-electron chi connectivity index (χ3n) is 5.49. The number of methoxy groups -OCH3 is 2. The van der Waals surface area contributed by atoms with Crippen LogP contribution >= 0.6 is 23.2 Å². The molecule has 4 N–H and O–H groups in total. The maximum atomic E-state index is 12.5. The van der Waals surface area contributed by atoms with Gasteiger partial charge in [-0.2, -0.15) is 19.9 Å². The van der Waals surface area contributed by atoms with Crippen molar-refractivity contribution in [1.29, 1.82) is 0 Å². The summed E-state index contributed by atoms with van der Waals surface area (Å²) in [6, 6.07) is 10.1. The molecule has 0 saturated heterocycles. The number of halogens is 2. The maximum absolute atomic E-state index is 12.5. The fraction of sp³-hybridized carbons (Fsp3) is 0.185. The second kappa shape index (κ2) is 17.3. The minimum atomic E-state index is -4.38. The summed E-state index contributed by atoms with van der Waals surface area (Å²) < 4.78 is 67.3. The number of sulfonamides is 2. The number of amides is 4. The van der Waals surface area contributed by atoms with Crippen molar-refractivity contribution in [2.45, 2.75) is 23.6 Å². The van der Waals surface area contributed by atoms with Crippen molar-refractivity contribution < 1.29 is 45.4 Å². The van der Waals surface area contributed by atoms with E-state index >= 15 is 0 Å². The Morgan fingerprint density at radius 3 is 1.88 bits per heavy atom. The van der Waals surface area contributed by atoms with Crippen molar-refractivity contribution in [2.24, 2.45) is 0 Å². The van der Waals surface area contributed by atoms with Gasteiger partial charge in [0.1, 0.15) is 20.8 Å². The molecule has 0 saturated carbocycles. The predicted octanol–water partition coefficient (Wildman–Crippen LogP) is 3.18. The van der Waals surface area contributed by atoms with Crippen molar-refractivity contribution in [3.63, 3.8) is 0 Å². The van der Waals surface area contributed by atoms with Gasteiger partial charge in [0, 0.05) is 6.07 Å². The lowest BCUT2D eigenvalue weighted by molar-refractivity contribution is 0.0521. The van der Waals surface area contributed by atoms with Gasteiger partial charge in [-0.25, -0.2) is 45.6 Å². The quantitative estimate of drug-likeness (QED) is 0.133. The van der Waals surface area contributed by atoms with Crippen molar-refractivity contribution in [3.05, 3.63) is 76.2 Å². The van der Waals surface area contributed by atoms with E-state index in [1.807, 2.05) is 4.72 Å². The first-order chi connectivity index (χ1) is 23.6. The second-order valence-corrected chi connectivity index (χ2v) is 13.1. The number of anilines is 2. The van der Waals surface area contributed by atoms with Gasteiger partial charge in [-0.3, -0.25) is 10.6 Å². The first-order valence-electron chi connectivity index (χ1n) is 13.6. The van der Waals surface area contributed by atoms with Gasteiger partial charge in [0.25, 0.3) is 20.0 Å². The zero-order chi connectivity index (χ0) is 37.1. The molecule has 0 radical (unpaired) electrons. The van der Waals surface area contributed by atoms with Gasteiger partial charge in [0.15, 0.2) is 0 Å². The molecule has 2 aromatic heterocycles. The van der Waals surface area contributed by atoms with Gasteiger partial charge in [0.2, 0.25) is 17.8 Å². The Morgan fingerprint density at radius 2 is 1.30 bits per heavy atom. The number of hydrogen-bond donors (Lipinski definition) is 4. The number of ether oxygens (including phenoxy) is 3. The van der Waals surface area contributed by atoms with Crippen LogP contribution in [0.3, 0.4) is 0 Å². The molecule has 0 aliphatic heterocycles. The average molecular weight is 773 g/mol. The van der Waals surface area contributed by atoms with Crippen LogP contribution < -0.4 is 29.6 Å². The summed E-state index contributed by atoms with van der Waals surface area (Å²) in [7, 11) is -5.83. The van der Waals surface area contributed by atoms with E-state index in [1.165, 1.54) is 62.8 Å². The number of aromatic nitrogens is 5. The lowest BCUT2D eigenvalue weighted by atomic mass is 10.2. The van der Waals surface area contributed by atoms with Crippen LogP contribution in [0, 0.1) is 6.92 Å². The van der Waals surface area contributed by atoms with Gasteiger partial charge in [-0.1, -0.05) is 47.5 Å². The third-order valence-corrected chi connectivity index (χ3v) is 8.91. The molecule has 0 aliphatic carbocycles. The van der Waals surface area contributed by atoms with Crippen LogP contribution in [0.5, 0.6) is 11.9 Å². The Kier molecular flexibility index (Phi) is 13.5. The smallest absolute Gasteiger partial charge is 0.339 e. The Balaban J connectivity index is 0.000000274. The maximum Gasteiger partial charge on any atom is 0.339 e. The number of nitrogens with zero attached hydrogens (tertiary/aromatic N) is 5. The van der Waals surface area contributed by atoms with Crippen molar-refractivity contribution in [1.82, 2.24) is 34.4 Å². The molecule has 2 heterocycles. The highest BCUT2D eigenvalue weighted by atomic mass is 35.5. The van der Waals surface area contributed by atoms with Crippen LogP contribution in [0.15, 0.2) is 64.4 Å². The number of hydrogen-bond acceptors (Lipinski definition) is 15. The van der Waals surface area contributed by atoms with Crippen LogP contribution in [0.4, 0.5) is 21.5 Å². The summed E-state index contributed by atoms with van der Waals surface area (Å²) in [5.74, 6) is -0.893. The number of rotatable bonds is 10. The minimum Gasteiger partial charge on any atom is -0.481 e. The van der Waals surface area contributed by atoms with E-state index in [0.29, 0.717) is 5.82 Å².